The third kappa shape index (κ3) is 10.8. The van der Waals surface area contributed by atoms with Crippen molar-refractivity contribution >= 4 is 63.7 Å². The summed E-state index contributed by atoms with van der Waals surface area (Å²) in [5, 5.41) is 14.7. The number of ether oxygens (including phenoxy) is 2. The molecule has 3 aromatic carbocycles. The zero-order chi connectivity index (χ0) is 50.7. The number of aromatic nitrogens is 2. The number of nitriles is 1. The standard InChI is InChI=1S/C50H50F4N8O6S2/c1-29-42(70-28-58-29)32-11-9-30(10-12-32)25-57-44(64)38-8-7-21-60(38)45(65)43(48(2,3)4)59-39(63)27-67-22-23-68-35-17-13-31(14-18-35)36-19-16-34(26-56-36)62-47(69)61(46(66)49(62,5)6)37-20-15-33(24-55)40(41(37)51)50(52,53)54/h9-20,26,28,38,43H,7-8,21-23,25,27H2,1-6H3,(H,57,64)(H,59,63). The van der Waals surface area contributed by atoms with E-state index < -0.39 is 63.7 Å². The van der Waals surface area contributed by atoms with Gasteiger partial charge in [-0.15, -0.1) is 11.3 Å². The van der Waals surface area contributed by atoms with Crippen molar-refractivity contribution < 1.29 is 46.2 Å². The second-order valence-electron chi connectivity index (χ2n) is 18.3. The number of benzene rings is 3. The Morgan fingerprint density at radius 1 is 0.986 bits per heavy atom. The topological polar surface area (TPSA) is 170 Å². The fraction of sp³-hybridized carbons (Fsp3) is 0.360. The van der Waals surface area contributed by atoms with Gasteiger partial charge < -0.3 is 29.9 Å². The van der Waals surface area contributed by atoms with Gasteiger partial charge >= 0.3 is 6.18 Å². The number of rotatable bonds is 15. The molecule has 0 radical (unpaired) electrons. The lowest BCUT2D eigenvalue weighted by molar-refractivity contribution is -0.144. The van der Waals surface area contributed by atoms with Crippen LogP contribution in [0.15, 0.2) is 84.5 Å². The minimum Gasteiger partial charge on any atom is -0.491 e. The molecule has 2 aromatic heterocycles. The van der Waals surface area contributed by atoms with Gasteiger partial charge in [0, 0.05) is 18.7 Å². The fourth-order valence-electron chi connectivity index (χ4n) is 8.32. The quantitative estimate of drug-likeness (QED) is 0.0587. The first kappa shape index (κ1) is 51.0. The number of hydrogen-bond acceptors (Lipinski definition) is 11. The molecule has 0 bridgehead atoms. The van der Waals surface area contributed by atoms with Gasteiger partial charge in [0.05, 0.1) is 57.6 Å². The summed E-state index contributed by atoms with van der Waals surface area (Å²) in [7, 11) is 0. The minimum absolute atomic E-state index is 0.0598. The van der Waals surface area contributed by atoms with Gasteiger partial charge in [0.1, 0.15) is 42.1 Å². The smallest absolute Gasteiger partial charge is 0.420 e. The van der Waals surface area contributed by atoms with E-state index in [1.54, 1.807) is 52.6 Å². The van der Waals surface area contributed by atoms with Crippen molar-refractivity contribution in [3.63, 3.8) is 0 Å². The number of pyridine rings is 1. The number of nitrogens with zero attached hydrogens (tertiary/aromatic N) is 6. The molecule has 2 atom stereocenters. The Morgan fingerprint density at radius 2 is 1.69 bits per heavy atom. The molecule has 5 aromatic rings. The lowest BCUT2D eigenvalue weighted by Crippen LogP contribution is -2.58. The number of carbonyl (C=O) groups excluding carboxylic acids is 4. The molecule has 2 aliphatic heterocycles. The number of halogens is 4. The van der Waals surface area contributed by atoms with E-state index in [1.807, 2.05) is 57.5 Å². The molecule has 2 unspecified atom stereocenters. The highest BCUT2D eigenvalue weighted by atomic mass is 32.1. The lowest BCUT2D eigenvalue weighted by atomic mass is 9.85. The third-order valence-electron chi connectivity index (χ3n) is 12.0. The average Bonchev–Trinajstić information content (AvgIpc) is 4.03. The van der Waals surface area contributed by atoms with Gasteiger partial charge in [-0.1, -0.05) is 45.0 Å². The van der Waals surface area contributed by atoms with Gasteiger partial charge in [-0.2, -0.15) is 18.4 Å². The highest BCUT2D eigenvalue weighted by molar-refractivity contribution is 7.81. The van der Waals surface area contributed by atoms with Crippen LogP contribution in [-0.2, 0) is 36.6 Å². The highest BCUT2D eigenvalue weighted by Gasteiger charge is 2.52. The average molecular weight is 999 g/mol. The van der Waals surface area contributed by atoms with E-state index in [2.05, 4.69) is 20.6 Å². The molecule has 0 aliphatic carbocycles. The molecule has 7 rings (SSSR count). The zero-order valence-corrected chi connectivity index (χ0v) is 40.8. The van der Waals surface area contributed by atoms with Crippen LogP contribution in [0.1, 0.15) is 69.8 Å². The zero-order valence-electron chi connectivity index (χ0n) is 39.1. The summed E-state index contributed by atoms with van der Waals surface area (Å²) in [5.41, 5.74) is 0.734. The monoisotopic (exact) mass is 998 g/mol. The van der Waals surface area contributed by atoms with E-state index in [-0.39, 0.29) is 36.7 Å². The number of thiocarbonyl (C=S) groups is 1. The normalized spacial score (nSPS) is 16.3. The Bertz CT molecular complexity index is 2830. The Balaban J connectivity index is 0.879. The van der Waals surface area contributed by atoms with Crippen LogP contribution in [0.2, 0.25) is 0 Å². The number of amides is 4. The molecule has 0 spiro atoms. The summed E-state index contributed by atoms with van der Waals surface area (Å²) in [6, 6.07) is 19.6. The number of hydrogen-bond donors (Lipinski definition) is 2. The second kappa shape index (κ2) is 20.6. The molecular formula is C50H50F4N8O6S2. The van der Waals surface area contributed by atoms with Crippen molar-refractivity contribution in [3.05, 3.63) is 113 Å². The maximum Gasteiger partial charge on any atom is 0.420 e. The van der Waals surface area contributed by atoms with Gasteiger partial charge in [0.25, 0.3) is 5.91 Å². The number of likely N-dealkylation sites (tertiary alicyclic amines) is 1. The van der Waals surface area contributed by atoms with Crippen LogP contribution in [-0.4, -0.2) is 87.6 Å². The maximum atomic E-state index is 15.4. The minimum atomic E-state index is -5.20. The van der Waals surface area contributed by atoms with Crippen LogP contribution in [0.25, 0.3) is 21.7 Å². The molecule has 0 saturated carbocycles. The van der Waals surface area contributed by atoms with Crippen molar-refractivity contribution in [1.82, 2.24) is 25.5 Å². The van der Waals surface area contributed by atoms with E-state index in [1.165, 1.54) is 31.0 Å². The van der Waals surface area contributed by atoms with Gasteiger partial charge in [-0.25, -0.2) is 9.37 Å². The van der Waals surface area contributed by atoms with Gasteiger partial charge in [0.15, 0.2) is 10.9 Å². The van der Waals surface area contributed by atoms with Crippen LogP contribution in [0.5, 0.6) is 5.75 Å². The second-order valence-corrected chi connectivity index (χ2v) is 19.5. The molecule has 2 aliphatic rings. The molecule has 20 heteroatoms. The summed E-state index contributed by atoms with van der Waals surface area (Å²) in [5.74, 6) is -3.15. The predicted molar refractivity (Wildman–Crippen MR) is 259 cm³/mol. The number of thiazole rings is 1. The molecule has 4 heterocycles. The third-order valence-corrected chi connectivity index (χ3v) is 13.3. The first-order valence-corrected chi connectivity index (χ1v) is 23.5. The van der Waals surface area contributed by atoms with Crippen LogP contribution >= 0.6 is 23.6 Å². The molecule has 2 saturated heterocycles. The number of carbonyl (C=O) groups is 4. The van der Waals surface area contributed by atoms with Crippen LogP contribution in [0.4, 0.5) is 28.9 Å². The largest absolute Gasteiger partial charge is 0.491 e. The Hall–Kier alpha value is -6.82. The van der Waals surface area contributed by atoms with Crippen molar-refractivity contribution in [1.29, 1.82) is 5.26 Å². The fourth-order valence-corrected chi connectivity index (χ4v) is 9.65. The molecular weight excluding hydrogens is 949 g/mol. The lowest BCUT2D eigenvalue weighted by Gasteiger charge is -2.35. The van der Waals surface area contributed by atoms with Crippen molar-refractivity contribution in [2.45, 2.75) is 84.7 Å². The van der Waals surface area contributed by atoms with Crippen molar-refractivity contribution in [2.75, 3.05) is 36.2 Å². The summed E-state index contributed by atoms with van der Waals surface area (Å²) in [4.78, 5) is 67.6. The van der Waals surface area contributed by atoms with Gasteiger partial charge in [-0.05, 0) is 111 Å². The number of aryl methyl sites for hydroxylation is 1. The number of alkyl halides is 3. The van der Waals surface area contributed by atoms with Crippen molar-refractivity contribution in [3.8, 4) is 33.5 Å². The highest BCUT2D eigenvalue weighted by Crippen LogP contribution is 2.42. The summed E-state index contributed by atoms with van der Waals surface area (Å²) >= 11 is 7.11. The van der Waals surface area contributed by atoms with Crippen molar-refractivity contribution in [2.24, 2.45) is 5.41 Å². The van der Waals surface area contributed by atoms with E-state index in [0.29, 0.717) is 53.5 Å². The van der Waals surface area contributed by atoms with Gasteiger partial charge in [-0.3, -0.25) is 29.1 Å². The Kier molecular flexibility index (Phi) is 15.1. The summed E-state index contributed by atoms with van der Waals surface area (Å²) < 4.78 is 68.2. The summed E-state index contributed by atoms with van der Waals surface area (Å²) in [6.45, 7) is 11.0. The Labute approximate surface area is 411 Å². The van der Waals surface area contributed by atoms with Crippen LogP contribution in [0.3, 0.4) is 0 Å². The molecule has 70 heavy (non-hydrogen) atoms. The molecule has 14 nitrogen and oxygen atoms in total. The van der Waals surface area contributed by atoms with Gasteiger partial charge in [0.2, 0.25) is 17.7 Å². The number of anilines is 2. The number of nitrogens with one attached hydrogen (secondary N) is 2. The van der Waals surface area contributed by atoms with E-state index in [4.69, 9.17) is 21.7 Å². The first-order chi connectivity index (χ1) is 33.1. The van der Waals surface area contributed by atoms with Crippen LogP contribution < -0.4 is 25.2 Å². The van der Waals surface area contributed by atoms with Crippen LogP contribution in [0, 0.1) is 29.5 Å². The molecule has 4 amide bonds. The summed E-state index contributed by atoms with van der Waals surface area (Å²) in [6.07, 6.45) is -2.60. The maximum absolute atomic E-state index is 15.4. The first-order valence-electron chi connectivity index (χ1n) is 22.2. The molecule has 366 valence electrons. The molecule has 2 fully saturated rings. The molecule has 2 N–H and O–H groups in total. The SMILES string of the molecule is Cc1ncsc1-c1ccc(CNC(=O)C2CCCN2C(=O)C(NC(=O)COCCOc2ccc(-c3ccc(N4C(=S)N(c5ccc(C#N)c(C(F)(F)F)c5F)C(=O)C4(C)C)cn3)cc2)C(C)(C)C)cc1. The Morgan fingerprint density at radius 3 is 2.30 bits per heavy atom. The van der Waals surface area contributed by atoms with E-state index in [9.17, 15) is 37.6 Å². The predicted octanol–water partition coefficient (Wildman–Crippen LogP) is 8.36. The van der Waals surface area contributed by atoms with E-state index in [0.717, 1.165) is 33.8 Å². The van der Waals surface area contributed by atoms with E-state index >= 15 is 4.39 Å².